The van der Waals surface area contributed by atoms with Crippen LogP contribution in [0.4, 0.5) is 4.39 Å². The topological polar surface area (TPSA) is 46.6 Å². The Morgan fingerprint density at radius 3 is 2.52 bits per heavy atom. The minimum atomic E-state index is -3.39. The van der Waals surface area contributed by atoms with Crippen LogP contribution in [0, 0.1) is 5.82 Å². The van der Waals surface area contributed by atoms with Crippen LogP contribution < -0.4 is 4.74 Å². The average molecular weight is 389 g/mol. The van der Waals surface area contributed by atoms with Crippen LogP contribution in [0.5, 0.6) is 5.75 Å². The average Bonchev–Trinajstić information content (AvgIpc) is 3.07. The highest BCUT2D eigenvalue weighted by molar-refractivity contribution is 7.89. The first kappa shape index (κ1) is 18.4. The normalized spacial score (nSPS) is 16.8. The van der Waals surface area contributed by atoms with Crippen LogP contribution in [0.1, 0.15) is 36.0 Å². The molecular weight excluding hydrogens is 365 g/mol. The summed E-state index contributed by atoms with van der Waals surface area (Å²) >= 11 is 0. The number of aryl methyl sites for hydroxylation is 1. The van der Waals surface area contributed by atoms with Crippen LogP contribution in [-0.4, -0.2) is 31.1 Å². The first-order valence-corrected chi connectivity index (χ1v) is 11.1. The fourth-order valence-corrected chi connectivity index (χ4v) is 5.40. The van der Waals surface area contributed by atoms with Crippen LogP contribution in [0.3, 0.4) is 0 Å². The van der Waals surface area contributed by atoms with Crippen molar-refractivity contribution >= 4 is 10.0 Å². The molecule has 1 fully saturated rings. The molecule has 4 rings (SSSR count). The second-order valence-corrected chi connectivity index (χ2v) is 9.40. The number of ether oxygens (including phenoxy) is 1. The summed E-state index contributed by atoms with van der Waals surface area (Å²) in [4.78, 5) is 0. The third kappa shape index (κ3) is 4.17. The summed E-state index contributed by atoms with van der Waals surface area (Å²) in [6.45, 7) is 1.01. The molecule has 1 saturated carbocycles. The molecule has 2 aromatic rings. The van der Waals surface area contributed by atoms with E-state index in [0.717, 1.165) is 48.1 Å². The summed E-state index contributed by atoms with van der Waals surface area (Å²) < 4.78 is 46.4. The van der Waals surface area contributed by atoms with Gasteiger partial charge in [-0.25, -0.2) is 12.8 Å². The highest BCUT2D eigenvalue weighted by atomic mass is 32.2. The van der Waals surface area contributed by atoms with E-state index in [4.69, 9.17) is 4.74 Å². The lowest BCUT2D eigenvalue weighted by Crippen LogP contribution is -2.44. The molecular formula is C21H24FNO3S. The van der Waals surface area contributed by atoms with Crippen molar-refractivity contribution in [3.63, 3.8) is 0 Å². The van der Waals surface area contributed by atoms with Crippen LogP contribution in [0.15, 0.2) is 42.5 Å². The molecule has 1 heterocycles. The van der Waals surface area contributed by atoms with E-state index in [0.29, 0.717) is 19.6 Å². The molecule has 0 saturated heterocycles. The van der Waals surface area contributed by atoms with E-state index < -0.39 is 10.0 Å². The van der Waals surface area contributed by atoms with Crippen molar-refractivity contribution in [2.45, 2.75) is 44.7 Å². The number of halogens is 1. The Hall–Kier alpha value is -1.92. The van der Waals surface area contributed by atoms with Crippen molar-refractivity contribution in [1.29, 1.82) is 0 Å². The van der Waals surface area contributed by atoms with Gasteiger partial charge in [-0.05, 0) is 54.2 Å². The summed E-state index contributed by atoms with van der Waals surface area (Å²) in [6.07, 6.45) is 4.23. The van der Waals surface area contributed by atoms with Gasteiger partial charge in [0.05, 0.1) is 12.4 Å². The Kier molecular flexibility index (Phi) is 5.19. The number of benzene rings is 2. The molecule has 4 nitrogen and oxygen atoms in total. The first-order chi connectivity index (χ1) is 13.0. The van der Waals surface area contributed by atoms with Gasteiger partial charge in [-0.1, -0.05) is 30.7 Å². The molecule has 0 unspecified atom stereocenters. The minimum Gasteiger partial charge on any atom is -0.493 e. The van der Waals surface area contributed by atoms with Crippen molar-refractivity contribution in [2.75, 3.05) is 12.4 Å². The van der Waals surface area contributed by atoms with E-state index in [-0.39, 0.29) is 17.6 Å². The van der Waals surface area contributed by atoms with Crippen LogP contribution in [0.2, 0.25) is 0 Å². The summed E-state index contributed by atoms with van der Waals surface area (Å²) in [5, 5.41) is 0. The van der Waals surface area contributed by atoms with E-state index in [1.54, 1.807) is 16.4 Å². The van der Waals surface area contributed by atoms with Gasteiger partial charge in [-0.2, -0.15) is 4.31 Å². The Labute approximate surface area is 160 Å². The molecule has 0 aromatic heterocycles. The first-order valence-electron chi connectivity index (χ1n) is 9.50. The largest absolute Gasteiger partial charge is 0.493 e. The van der Waals surface area contributed by atoms with E-state index in [1.807, 2.05) is 12.1 Å². The van der Waals surface area contributed by atoms with Crippen molar-refractivity contribution in [3.05, 3.63) is 65.0 Å². The number of rotatable bonds is 7. The lowest BCUT2D eigenvalue weighted by Gasteiger charge is -2.36. The van der Waals surface area contributed by atoms with E-state index in [2.05, 4.69) is 6.07 Å². The zero-order valence-corrected chi connectivity index (χ0v) is 16.1. The quantitative estimate of drug-likeness (QED) is 0.726. The number of nitrogens with zero attached hydrogens (tertiary/aromatic N) is 1. The zero-order valence-electron chi connectivity index (χ0n) is 15.2. The summed E-state index contributed by atoms with van der Waals surface area (Å²) in [6, 6.07) is 12.1. The highest BCUT2D eigenvalue weighted by Gasteiger charge is 2.33. The summed E-state index contributed by atoms with van der Waals surface area (Å²) in [7, 11) is -3.39. The number of sulfonamides is 1. The Morgan fingerprint density at radius 1 is 1.07 bits per heavy atom. The van der Waals surface area contributed by atoms with Gasteiger partial charge in [0.25, 0.3) is 0 Å². The van der Waals surface area contributed by atoms with Gasteiger partial charge in [0.1, 0.15) is 11.6 Å². The Bertz CT molecular complexity index is 908. The second kappa shape index (κ2) is 7.60. The highest BCUT2D eigenvalue weighted by Crippen LogP contribution is 2.30. The smallest absolute Gasteiger partial charge is 0.214 e. The van der Waals surface area contributed by atoms with Crippen LogP contribution >= 0.6 is 0 Å². The zero-order chi connectivity index (χ0) is 18.9. The predicted molar refractivity (Wildman–Crippen MR) is 103 cm³/mol. The minimum absolute atomic E-state index is 0.0634. The number of hydrogen-bond acceptors (Lipinski definition) is 3. The fourth-order valence-electron chi connectivity index (χ4n) is 3.66. The standard InChI is InChI=1S/C21H24FNO3S/c22-19-7-4-17(5-8-19)15-23(20-2-1-3-20)27(24,25)13-11-16-6-9-21-18(14-16)10-12-26-21/h4-9,14,20H,1-3,10-13,15H2. The van der Waals surface area contributed by atoms with Gasteiger partial charge in [-0.15, -0.1) is 0 Å². The maximum atomic E-state index is 13.2. The molecule has 0 N–H and O–H groups in total. The van der Waals surface area contributed by atoms with Gasteiger partial charge in [0.2, 0.25) is 10.0 Å². The van der Waals surface area contributed by atoms with Gasteiger partial charge in [0.15, 0.2) is 0 Å². The monoisotopic (exact) mass is 389 g/mol. The maximum absolute atomic E-state index is 13.2. The van der Waals surface area contributed by atoms with E-state index in [9.17, 15) is 12.8 Å². The Morgan fingerprint density at radius 2 is 1.81 bits per heavy atom. The molecule has 27 heavy (non-hydrogen) atoms. The van der Waals surface area contributed by atoms with Crippen molar-refractivity contribution in [2.24, 2.45) is 0 Å². The molecule has 1 aliphatic carbocycles. The van der Waals surface area contributed by atoms with Gasteiger partial charge >= 0.3 is 0 Å². The maximum Gasteiger partial charge on any atom is 0.214 e. The molecule has 2 aromatic carbocycles. The summed E-state index contributed by atoms with van der Waals surface area (Å²) in [5.41, 5.74) is 3.01. The molecule has 0 bridgehead atoms. The summed E-state index contributed by atoms with van der Waals surface area (Å²) in [5.74, 6) is 0.691. The molecule has 1 aliphatic heterocycles. The Balaban J connectivity index is 1.47. The van der Waals surface area contributed by atoms with Crippen LogP contribution in [0.25, 0.3) is 0 Å². The molecule has 0 spiro atoms. The third-order valence-corrected chi connectivity index (χ3v) is 7.36. The lowest BCUT2D eigenvalue weighted by atomic mass is 9.93. The van der Waals surface area contributed by atoms with Crippen LogP contribution in [-0.2, 0) is 29.4 Å². The van der Waals surface area contributed by atoms with Gasteiger partial charge in [-0.3, -0.25) is 0 Å². The molecule has 6 heteroatoms. The van der Waals surface area contributed by atoms with Gasteiger partial charge in [0, 0.05) is 19.0 Å². The lowest BCUT2D eigenvalue weighted by molar-refractivity contribution is 0.213. The van der Waals surface area contributed by atoms with Crippen molar-refractivity contribution < 1.29 is 17.5 Å². The van der Waals surface area contributed by atoms with Crippen molar-refractivity contribution in [1.82, 2.24) is 4.31 Å². The fraction of sp³-hybridized carbons (Fsp3) is 0.429. The molecule has 0 radical (unpaired) electrons. The molecule has 2 aliphatic rings. The predicted octanol–water partition coefficient (Wildman–Crippen LogP) is 3.69. The molecule has 0 atom stereocenters. The second-order valence-electron chi connectivity index (χ2n) is 7.36. The van der Waals surface area contributed by atoms with E-state index >= 15 is 0 Å². The van der Waals surface area contributed by atoms with Gasteiger partial charge < -0.3 is 4.74 Å². The molecule has 144 valence electrons. The molecule has 0 amide bonds. The van der Waals surface area contributed by atoms with Crippen molar-refractivity contribution in [3.8, 4) is 5.75 Å². The SMILES string of the molecule is O=S(=O)(CCc1ccc2c(c1)CCO2)N(Cc1ccc(F)cc1)C1CCC1. The van der Waals surface area contributed by atoms with E-state index in [1.165, 1.54) is 12.1 Å². The number of hydrogen-bond donors (Lipinski definition) is 0. The number of fused-ring (bicyclic) bond motifs is 1. The third-order valence-electron chi connectivity index (χ3n) is 5.49.